The van der Waals surface area contributed by atoms with Crippen LogP contribution in [0.1, 0.15) is 16.2 Å². The Kier molecular flexibility index (Phi) is 2.25. The van der Waals surface area contributed by atoms with E-state index >= 15 is 0 Å². The molecule has 0 aliphatic heterocycles. The topological polar surface area (TPSA) is 34.9 Å². The lowest BCUT2D eigenvalue weighted by Crippen LogP contribution is -1.94. The lowest BCUT2D eigenvalue weighted by molar-refractivity contribution is 0.112. The zero-order valence-electron chi connectivity index (χ0n) is 7.70. The largest absolute Gasteiger partial charge is 0.330 e. The summed E-state index contributed by atoms with van der Waals surface area (Å²) in [5, 5.41) is 0. The molecule has 4 heteroatoms. The van der Waals surface area contributed by atoms with E-state index in [9.17, 15) is 4.79 Å². The van der Waals surface area contributed by atoms with Crippen LogP contribution in [0.2, 0.25) is 0 Å². The van der Waals surface area contributed by atoms with Crippen LogP contribution in [0, 0.1) is 0 Å². The van der Waals surface area contributed by atoms with Crippen molar-refractivity contribution in [3.8, 4) is 0 Å². The number of imidazole rings is 1. The molecule has 2 aromatic rings. The molecule has 0 saturated carbocycles. The smallest absolute Gasteiger partial charge is 0.150 e. The number of nitrogens with zero attached hydrogens (tertiary/aromatic N) is 2. The lowest BCUT2D eigenvalue weighted by atomic mass is 10.2. The summed E-state index contributed by atoms with van der Waals surface area (Å²) in [6.07, 6.45) is 0.826. The highest BCUT2D eigenvalue weighted by Crippen LogP contribution is 2.17. The monoisotopic (exact) mass is 208 g/mol. The van der Waals surface area contributed by atoms with Crippen molar-refractivity contribution in [1.29, 1.82) is 0 Å². The van der Waals surface area contributed by atoms with Crippen LogP contribution >= 0.6 is 11.6 Å². The Morgan fingerprint density at radius 1 is 1.57 bits per heavy atom. The van der Waals surface area contributed by atoms with Gasteiger partial charge in [0.15, 0.2) is 0 Å². The lowest BCUT2D eigenvalue weighted by Gasteiger charge is -1.97. The zero-order valence-corrected chi connectivity index (χ0v) is 8.45. The number of carbonyl (C=O) groups excluding carboxylic acids is 1. The van der Waals surface area contributed by atoms with Crippen molar-refractivity contribution in [1.82, 2.24) is 9.55 Å². The molecule has 2 rings (SSSR count). The average Bonchev–Trinajstić information content (AvgIpc) is 2.55. The van der Waals surface area contributed by atoms with Crippen molar-refractivity contribution >= 4 is 28.9 Å². The maximum atomic E-state index is 10.6. The van der Waals surface area contributed by atoms with Crippen LogP contribution in [0.25, 0.3) is 11.0 Å². The number of alkyl halides is 1. The Balaban J connectivity index is 2.73. The molecule has 1 aromatic carbocycles. The predicted molar refractivity (Wildman–Crippen MR) is 55.7 cm³/mol. The maximum Gasteiger partial charge on any atom is 0.150 e. The van der Waals surface area contributed by atoms with Crippen molar-refractivity contribution in [3.63, 3.8) is 0 Å². The molecule has 1 aromatic heterocycles. The molecule has 0 aliphatic rings. The fourth-order valence-corrected chi connectivity index (χ4v) is 1.69. The van der Waals surface area contributed by atoms with Gasteiger partial charge in [-0.25, -0.2) is 4.98 Å². The first-order chi connectivity index (χ1) is 6.76. The van der Waals surface area contributed by atoms with Crippen LogP contribution in [0.4, 0.5) is 0 Å². The number of aldehydes is 1. The molecule has 14 heavy (non-hydrogen) atoms. The molecular formula is C10H9ClN2O. The van der Waals surface area contributed by atoms with Gasteiger partial charge in [0.05, 0.1) is 16.9 Å². The standard InChI is InChI=1S/C10H9ClN2O/c1-13-9-4-7(6-14)2-3-8(9)12-10(13)5-11/h2-4,6H,5H2,1H3. The van der Waals surface area contributed by atoms with Crippen molar-refractivity contribution < 1.29 is 4.79 Å². The first kappa shape index (κ1) is 9.21. The molecule has 0 fully saturated rings. The average molecular weight is 209 g/mol. The summed E-state index contributed by atoms with van der Waals surface area (Å²) in [5.74, 6) is 1.19. The highest BCUT2D eigenvalue weighted by Gasteiger charge is 2.06. The second kappa shape index (κ2) is 3.42. The van der Waals surface area contributed by atoms with Gasteiger partial charge in [0.25, 0.3) is 0 Å². The summed E-state index contributed by atoms with van der Waals surface area (Å²) in [4.78, 5) is 14.9. The number of aryl methyl sites for hydroxylation is 1. The Labute approximate surface area is 86.3 Å². The van der Waals surface area contributed by atoms with Crippen LogP contribution in [-0.4, -0.2) is 15.8 Å². The van der Waals surface area contributed by atoms with Gasteiger partial charge in [-0.3, -0.25) is 4.79 Å². The summed E-state index contributed by atoms with van der Waals surface area (Å²) in [7, 11) is 1.89. The van der Waals surface area contributed by atoms with Crippen LogP contribution < -0.4 is 0 Å². The van der Waals surface area contributed by atoms with Gasteiger partial charge in [0, 0.05) is 12.6 Å². The number of fused-ring (bicyclic) bond motifs is 1. The molecule has 0 saturated heterocycles. The third-order valence-electron chi connectivity index (χ3n) is 2.25. The molecule has 3 nitrogen and oxygen atoms in total. The number of hydrogen-bond donors (Lipinski definition) is 0. The molecular weight excluding hydrogens is 200 g/mol. The number of carbonyl (C=O) groups is 1. The molecule has 0 radical (unpaired) electrons. The van der Waals surface area contributed by atoms with Crippen molar-refractivity contribution in [3.05, 3.63) is 29.6 Å². The minimum atomic E-state index is 0.377. The highest BCUT2D eigenvalue weighted by atomic mass is 35.5. The second-order valence-corrected chi connectivity index (χ2v) is 3.35. The Morgan fingerprint density at radius 3 is 3.00 bits per heavy atom. The fraction of sp³-hybridized carbons (Fsp3) is 0.200. The normalized spacial score (nSPS) is 10.7. The van der Waals surface area contributed by atoms with Crippen molar-refractivity contribution in [2.24, 2.45) is 7.05 Å². The molecule has 72 valence electrons. The van der Waals surface area contributed by atoms with Gasteiger partial charge in [-0.1, -0.05) is 0 Å². The molecule has 0 N–H and O–H groups in total. The quantitative estimate of drug-likeness (QED) is 0.560. The van der Waals surface area contributed by atoms with E-state index in [0.29, 0.717) is 11.4 Å². The molecule has 0 aliphatic carbocycles. The fourth-order valence-electron chi connectivity index (χ4n) is 1.45. The minimum absolute atomic E-state index is 0.377. The first-order valence-electron chi connectivity index (χ1n) is 4.22. The maximum absolute atomic E-state index is 10.6. The van der Waals surface area contributed by atoms with Gasteiger partial charge in [-0.15, -0.1) is 11.6 Å². The SMILES string of the molecule is Cn1c(CCl)nc2ccc(C=O)cc21. The summed E-state index contributed by atoms with van der Waals surface area (Å²) in [5.41, 5.74) is 2.46. The van der Waals surface area contributed by atoms with E-state index in [-0.39, 0.29) is 0 Å². The highest BCUT2D eigenvalue weighted by molar-refractivity contribution is 6.16. The Morgan fingerprint density at radius 2 is 2.36 bits per heavy atom. The third-order valence-corrected chi connectivity index (χ3v) is 2.49. The van der Waals surface area contributed by atoms with E-state index in [1.54, 1.807) is 6.07 Å². The van der Waals surface area contributed by atoms with Gasteiger partial charge < -0.3 is 4.57 Å². The van der Waals surface area contributed by atoms with Crippen LogP contribution in [0.15, 0.2) is 18.2 Å². The molecule has 1 heterocycles. The summed E-state index contributed by atoms with van der Waals surface area (Å²) < 4.78 is 1.90. The Hall–Kier alpha value is -1.35. The van der Waals surface area contributed by atoms with E-state index in [4.69, 9.17) is 11.6 Å². The predicted octanol–water partition coefficient (Wildman–Crippen LogP) is 2.12. The van der Waals surface area contributed by atoms with E-state index in [0.717, 1.165) is 23.1 Å². The number of aromatic nitrogens is 2. The second-order valence-electron chi connectivity index (χ2n) is 3.09. The van der Waals surface area contributed by atoms with E-state index < -0.39 is 0 Å². The van der Waals surface area contributed by atoms with E-state index in [1.807, 2.05) is 23.7 Å². The van der Waals surface area contributed by atoms with Gasteiger partial charge >= 0.3 is 0 Å². The van der Waals surface area contributed by atoms with Crippen LogP contribution in [0.5, 0.6) is 0 Å². The van der Waals surface area contributed by atoms with E-state index in [2.05, 4.69) is 4.98 Å². The summed E-state index contributed by atoms with van der Waals surface area (Å²) >= 11 is 5.72. The van der Waals surface area contributed by atoms with Gasteiger partial charge in [-0.05, 0) is 18.2 Å². The number of halogens is 1. The Bertz CT molecular complexity index is 490. The van der Waals surface area contributed by atoms with Gasteiger partial charge in [0.1, 0.15) is 12.1 Å². The molecule has 0 bridgehead atoms. The third kappa shape index (κ3) is 1.30. The molecule has 0 spiro atoms. The van der Waals surface area contributed by atoms with Crippen molar-refractivity contribution in [2.75, 3.05) is 0 Å². The van der Waals surface area contributed by atoms with Gasteiger partial charge in [0.2, 0.25) is 0 Å². The minimum Gasteiger partial charge on any atom is -0.330 e. The summed E-state index contributed by atoms with van der Waals surface area (Å²) in [6.45, 7) is 0. The first-order valence-corrected chi connectivity index (χ1v) is 4.76. The molecule has 0 atom stereocenters. The number of hydrogen-bond acceptors (Lipinski definition) is 2. The van der Waals surface area contributed by atoms with Crippen molar-refractivity contribution in [2.45, 2.75) is 5.88 Å². The van der Waals surface area contributed by atoms with E-state index in [1.165, 1.54) is 0 Å². The van der Waals surface area contributed by atoms with Crippen LogP contribution in [-0.2, 0) is 12.9 Å². The zero-order chi connectivity index (χ0) is 10.1. The molecule has 0 amide bonds. The molecule has 0 unspecified atom stereocenters. The number of rotatable bonds is 2. The summed E-state index contributed by atoms with van der Waals surface area (Å²) in [6, 6.07) is 5.39. The van der Waals surface area contributed by atoms with Gasteiger partial charge in [-0.2, -0.15) is 0 Å². The number of benzene rings is 1. The van der Waals surface area contributed by atoms with Crippen LogP contribution in [0.3, 0.4) is 0 Å².